The van der Waals surface area contributed by atoms with Gasteiger partial charge in [-0.1, -0.05) is 24.3 Å². The molecule has 2 aromatic carbocycles. The second kappa shape index (κ2) is 4.62. The molecule has 0 aliphatic rings. The summed E-state index contributed by atoms with van der Waals surface area (Å²) < 4.78 is 9.22. The topological polar surface area (TPSA) is 77.8 Å². The van der Waals surface area contributed by atoms with Gasteiger partial charge in [0, 0.05) is 5.27 Å². The van der Waals surface area contributed by atoms with Gasteiger partial charge in [-0.3, -0.25) is 0 Å². The Morgan fingerprint density at radius 1 is 0.722 bits per heavy atom. The van der Waals surface area contributed by atoms with Crippen LogP contribution in [0.5, 0.6) is 0 Å². The average molecular weight is 240 g/mol. The number of hydrogen-bond donors (Lipinski definition) is 0. The molecule has 18 heavy (non-hydrogen) atoms. The normalized spacial score (nSPS) is 10.2. The first-order valence-corrected chi connectivity index (χ1v) is 5.28. The maximum Gasteiger partial charge on any atom is 0.187 e. The molecule has 0 atom stereocenters. The van der Waals surface area contributed by atoms with Crippen molar-refractivity contribution >= 4 is 22.1 Å². The third-order valence-electron chi connectivity index (χ3n) is 2.31. The van der Waals surface area contributed by atoms with Crippen molar-refractivity contribution in [1.82, 2.24) is 20.7 Å². The molecule has 0 N–H and O–H groups in total. The lowest BCUT2D eigenvalue weighted by Crippen LogP contribution is -1.63. The van der Waals surface area contributed by atoms with Gasteiger partial charge in [-0.05, 0) is 34.6 Å². The molecule has 2 heterocycles. The van der Waals surface area contributed by atoms with E-state index in [1.54, 1.807) is 0 Å². The fraction of sp³-hybridized carbons (Fsp3) is 0. The maximum atomic E-state index is 4.76. The minimum absolute atomic E-state index is 0.734. The van der Waals surface area contributed by atoms with Crippen LogP contribution in [0.1, 0.15) is 0 Å². The second-order valence-electron chi connectivity index (χ2n) is 3.49. The van der Waals surface area contributed by atoms with Crippen LogP contribution in [0.2, 0.25) is 0 Å². The van der Waals surface area contributed by atoms with Gasteiger partial charge in [-0.15, -0.1) is 5.10 Å². The van der Waals surface area contributed by atoms with Crippen molar-refractivity contribution in [3.8, 4) is 0 Å². The summed E-state index contributed by atoms with van der Waals surface area (Å²) in [6, 6.07) is 15.0. The molecule has 2 aromatic heterocycles. The third-order valence-corrected chi connectivity index (χ3v) is 2.31. The summed E-state index contributed by atoms with van der Waals surface area (Å²) in [6.07, 6.45) is 0. The number of para-hydroxylation sites is 1. The first kappa shape index (κ1) is 10.4. The highest BCUT2D eigenvalue weighted by Gasteiger charge is 1.94. The Morgan fingerprint density at radius 2 is 1.33 bits per heavy atom. The molecule has 6 nitrogen and oxygen atoms in total. The minimum atomic E-state index is 0.734. The Morgan fingerprint density at radius 3 is 2.00 bits per heavy atom. The highest BCUT2D eigenvalue weighted by Crippen LogP contribution is 2.07. The van der Waals surface area contributed by atoms with E-state index < -0.39 is 0 Å². The molecule has 0 saturated heterocycles. The van der Waals surface area contributed by atoms with Crippen LogP contribution >= 0.6 is 0 Å². The monoisotopic (exact) mass is 240 g/mol. The summed E-state index contributed by atoms with van der Waals surface area (Å²) >= 11 is 0. The van der Waals surface area contributed by atoms with Gasteiger partial charge in [0.2, 0.25) is 0 Å². The molecule has 4 rings (SSSR count). The van der Waals surface area contributed by atoms with Crippen molar-refractivity contribution < 1.29 is 9.15 Å². The number of fused-ring (bicyclic) bond motifs is 2. The molecule has 4 aromatic rings. The minimum Gasteiger partial charge on any atom is -0.337 e. The Labute approximate surface area is 101 Å². The zero-order chi connectivity index (χ0) is 12.2. The molecule has 88 valence electrons. The molecule has 0 spiro atoms. The van der Waals surface area contributed by atoms with Gasteiger partial charge in [0.1, 0.15) is 16.6 Å². The summed E-state index contributed by atoms with van der Waals surface area (Å²) in [6.45, 7) is 0. The summed E-state index contributed by atoms with van der Waals surface area (Å²) in [5.74, 6) is 0. The van der Waals surface area contributed by atoms with Gasteiger partial charge >= 0.3 is 0 Å². The molecule has 0 aliphatic heterocycles. The number of hydrogen-bond acceptors (Lipinski definition) is 6. The highest BCUT2D eigenvalue weighted by molar-refractivity contribution is 5.72. The molecule has 0 aliphatic carbocycles. The molecule has 0 saturated carbocycles. The van der Waals surface area contributed by atoms with Crippen LogP contribution < -0.4 is 0 Å². The lowest BCUT2D eigenvalue weighted by atomic mass is 10.3. The Balaban J connectivity index is 0.000000111. The van der Waals surface area contributed by atoms with E-state index in [9.17, 15) is 0 Å². The van der Waals surface area contributed by atoms with Gasteiger partial charge in [0.05, 0.1) is 0 Å². The predicted molar refractivity (Wildman–Crippen MR) is 63.6 cm³/mol. The molecule has 0 unspecified atom stereocenters. The van der Waals surface area contributed by atoms with Crippen molar-refractivity contribution in [2.75, 3.05) is 0 Å². The van der Waals surface area contributed by atoms with E-state index in [2.05, 4.69) is 25.3 Å². The molecule has 0 bridgehead atoms. The zero-order valence-electron chi connectivity index (χ0n) is 9.22. The van der Waals surface area contributed by atoms with Crippen molar-refractivity contribution in [3.63, 3.8) is 0 Å². The van der Waals surface area contributed by atoms with E-state index in [1.165, 1.54) is 0 Å². The number of benzene rings is 2. The van der Waals surface area contributed by atoms with Crippen molar-refractivity contribution in [2.24, 2.45) is 0 Å². The zero-order valence-corrected chi connectivity index (χ0v) is 9.22. The molecule has 0 fully saturated rings. The van der Waals surface area contributed by atoms with Gasteiger partial charge in [-0.2, -0.15) is 0 Å². The van der Waals surface area contributed by atoms with Crippen LogP contribution in [0.15, 0.2) is 57.7 Å². The van der Waals surface area contributed by atoms with Crippen molar-refractivity contribution in [3.05, 3.63) is 48.5 Å². The van der Waals surface area contributed by atoms with E-state index in [0.29, 0.717) is 0 Å². The number of rotatable bonds is 0. The average Bonchev–Trinajstić information content (AvgIpc) is 3.08. The fourth-order valence-corrected chi connectivity index (χ4v) is 1.45. The van der Waals surface area contributed by atoms with Crippen molar-refractivity contribution in [1.29, 1.82) is 0 Å². The van der Waals surface area contributed by atoms with Crippen molar-refractivity contribution in [2.45, 2.75) is 0 Å². The molecular weight excluding hydrogens is 232 g/mol. The lowest BCUT2D eigenvalue weighted by Gasteiger charge is -1.76. The van der Waals surface area contributed by atoms with E-state index in [4.69, 9.17) is 4.52 Å². The number of nitrogens with zero attached hydrogens (tertiary/aromatic N) is 4. The summed E-state index contributed by atoms with van der Waals surface area (Å²) in [5.41, 5.74) is 3.14. The van der Waals surface area contributed by atoms with E-state index >= 15 is 0 Å². The molecular formula is C12H8N4O2. The molecule has 0 radical (unpaired) electrons. The van der Waals surface area contributed by atoms with Gasteiger partial charge in [0.15, 0.2) is 5.58 Å². The summed E-state index contributed by atoms with van der Waals surface area (Å²) in [4.78, 5) is 0. The maximum absolute atomic E-state index is 4.76. The van der Waals surface area contributed by atoms with Crippen LogP contribution in [0.3, 0.4) is 0 Å². The largest absolute Gasteiger partial charge is 0.337 e. The summed E-state index contributed by atoms with van der Waals surface area (Å²) in [5, 5.41) is 14.3. The van der Waals surface area contributed by atoms with Crippen LogP contribution in [0.25, 0.3) is 22.1 Å². The first-order chi connectivity index (χ1) is 8.93. The van der Waals surface area contributed by atoms with Gasteiger partial charge < -0.3 is 4.52 Å². The Kier molecular flexibility index (Phi) is 2.67. The SMILES string of the molecule is c1ccc2nonc2c1.c1ccc2onnc2c1. The van der Waals surface area contributed by atoms with Gasteiger partial charge in [0.25, 0.3) is 0 Å². The van der Waals surface area contributed by atoms with Crippen LogP contribution in [-0.2, 0) is 0 Å². The fourth-order valence-electron chi connectivity index (χ4n) is 1.45. The highest BCUT2D eigenvalue weighted by atomic mass is 16.6. The predicted octanol–water partition coefficient (Wildman–Crippen LogP) is 2.45. The third kappa shape index (κ3) is 2.03. The van der Waals surface area contributed by atoms with Crippen LogP contribution in [-0.4, -0.2) is 20.7 Å². The standard InChI is InChI=1S/2C6H4N2O/c1-2-4-6-5(3-1)7-8-9-6;1-2-4-6-5(3-1)7-9-8-6/h2*1-4H. The van der Waals surface area contributed by atoms with Gasteiger partial charge in [-0.25, -0.2) is 4.63 Å². The quantitative estimate of drug-likeness (QED) is 0.469. The van der Waals surface area contributed by atoms with Crippen LogP contribution in [0, 0.1) is 0 Å². The molecule has 0 amide bonds. The Bertz CT molecular complexity index is 636. The van der Waals surface area contributed by atoms with E-state index in [-0.39, 0.29) is 0 Å². The summed E-state index contributed by atoms with van der Waals surface area (Å²) in [7, 11) is 0. The number of aromatic nitrogens is 4. The van der Waals surface area contributed by atoms with E-state index in [0.717, 1.165) is 22.1 Å². The van der Waals surface area contributed by atoms with E-state index in [1.807, 2.05) is 48.5 Å². The van der Waals surface area contributed by atoms with Crippen LogP contribution in [0.4, 0.5) is 0 Å². The first-order valence-electron chi connectivity index (χ1n) is 5.28. The smallest absolute Gasteiger partial charge is 0.187 e. The second-order valence-corrected chi connectivity index (χ2v) is 3.49. The lowest BCUT2D eigenvalue weighted by molar-refractivity contribution is 0.315. The molecule has 6 heteroatoms. The Hall–Kier alpha value is -2.76.